The summed E-state index contributed by atoms with van der Waals surface area (Å²) in [5.74, 6) is -0.869. The minimum absolute atomic E-state index is 0.213. The third kappa shape index (κ3) is 4.25. The fraction of sp³-hybridized carbons (Fsp3) is 0.409. The number of carboxylic acid groups (broad SMARTS) is 1. The number of carbonyl (C=O) groups is 1. The van der Waals surface area contributed by atoms with Crippen LogP contribution in [0.2, 0.25) is 5.04 Å². The third-order valence-electron chi connectivity index (χ3n) is 4.83. The maximum Gasteiger partial charge on any atom is 0.331 e. The predicted octanol–water partition coefficient (Wildman–Crippen LogP) is 4.21. The van der Waals surface area contributed by atoms with E-state index in [1.54, 1.807) is 0 Å². The van der Waals surface area contributed by atoms with E-state index in [2.05, 4.69) is 52.0 Å². The number of carboxylic acids is 1. The van der Waals surface area contributed by atoms with E-state index in [0.29, 0.717) is 6.42 Å². The molecule has 0 aliphatic rings. The molecular weight excluding hydrogens is 340 g/mol. The van der Waals surface area contributed by atoms with Gasteiger partial charge in [-0.3, -0.25) is 0 Å². The summed E-state index contributed by atoms with van der Waals surface area (Å²) in [5.41, 5.74) is 0. The largest absolute Gasteiger partial charge is 0.479 e. The van der Waals surface area contributed by atoms with Gasteiger partial charge in [-0.2, -0.15) is 0 Å². The molecule has 1 unspecified atom stereocenters. The molecule has 0 amide bonds. The topological polar surface area (TPSA) is 46.5 Å². The molecule has 140 valence electrons. The summed E-state index contributed by atoms with van der Waals surface area (Å²) < 4.78 is 6.68. The average molecular weight is 371 g/mol. The summed E-state index contributed by atoms with van der Waals surface area (Å²) in [7, 11) is -2.81. The highest BCUT2D eigenvalue weighted by Gasteiger charge is 2.52. The molecule has 2 aromatic carbocycles. The highest BCUT2D eigenvalue weighted by Crippen LogP contribution is 2.38. The Labute approximate surface area is 158 Å². The van der Waals surface area contributed by atoms with Crippen molar-refractivity contribution in [2.75, 3.05) is 0 Å². The second kappa shape index (κ2) is 8.65. The molecule has 0 bridgehead atoms. The first kappa shape index (κ1) is 20.4. The first-order valence-electron chi connectivity index (χ1n) is 9.34. The number of unbranched alkanes of at least 4 members (excludes halogenated alkanes) is 1. The summed E-state index contributed by atoms with van der Waals surface area (Å²) in [6, 6.07) is 20.4. The maximum atomic E-state index is 12.0. The first-order valence-corrected chi connectivity index (χ1v) is 11.3. The lowest BCUT2D eigenvalue weighted by atomic mass is 10.2. The number of hydrogen-bond acceptors (Lipinski definition) is 2. The van der Waals surface area contributed by atoms with Crippen molar-refractivity contribution in [1.82, 2.24) is 0 Å². The van der Waals surface area contributed by atoms with Crippen LogP contribution in [0.3, 0.4) is 0 Å². The summed E-state index contributed by atoms with van der Waals surface area (Å²) in [4.78, 5) is 12.0. The van der Waals surface area contributed by atoms with Crippen molar-refractivity contribution < 1.29 is 14.3 Å². The molecule has 4 heteroatoms. The zero-order chi connectivity index (χ0) is 19.2. The van der Waals surface area contributed by atoms with Crippen LogP contribution in [0, 0.1) is 0 Å². The molecule has 2 aromatic rings. The van der Waals surface area contributed by atoms with Crippen LogP contribution in [-0.2, 0) is 9.22 Å². The van der Waals surface area contributed by atoms with Gasteiger partial charge in [0.25, 0.3) is 8.32 Å². The third-order valence-corrected chi connectivity index (χ3v) is 9.87. The van der Waals surface area contributed by atoms with Gasteiger partial charge >= 0.3 is 5.97 Å². The van der Waals surface area contributed by atoms with Gasteiger partial charge in [0.1, 0.15) is 6.10 Å². The van der Waals surface area contributed by atoms with Crippen molar-refractivity contribution in [2.24, 2.45) is 0 Å². The molecule has 0 spiro atoms. The summed E-state index contributed by atoms with van der Waals surface area (Å²) in [6.07, 6.45) is 1.54. The van der Waals surface area contributed by atoms with Crippen LogP contribution in [0.15, 0.2) is 60.7 Å². The van der Waals surface area contributed by atoms with Gasteiger partial charge in [-0.1, -0.05) is 101 Å². The Morgan fingerprint density at radius 2 is 1.46 bits per heavy atom. The molecule has 0 saturated carbocycles. The van der Waals surface area contributed by atoms with Crippen molar-refractivity contribution in [3.63, 3.8) is 0 Å². The Balaban J connectivity index is 2.65. The van der Waals surface area contributed by atoms with Gasteiger partial charge in [-0.25, -0.2) is 4.79 Å². The molecule has 0 aromatic heterocycles. The van der Waals surface area contributed by atoms with Crippen molar-refractivity contribution in [3.8, 4) is 0 Å². The molecule has 0 aliphatic carbocycles. The van der Waals surface area contributed by atoms with E-state index in [1.807, 2.05) is 36.4 Å². The van der Waals surface area contributed by atoms with Crippen LogP contribution < -0.4 is 10.4 Å². The standard InChI is InChI=1S/C22H30O3Si/c1-5-6-17-20(21(23)24)25-26(22(2,3)4,18-13-9-7-10-14-18)19-15-11-8-12-16-19/h7-16,20H,5-6,17H2,1-4H3,(H,23,24). The summed E-state index contributed by atoms with van der Waals surface area (Å²) in [6.45, 7) is 8.57. The molecule has 0 saturated heterocycles. The average Bonchev–Trinajstić information content (AvgIpc) is 2.62. The molecule has 1 atom stereocenters. The fourth-order valence-electron chi connectivity index (χ4n) is 3.53. The van der Waals surface area contributed by atoms with Crippen molar-refractivity contribution >= 4 is 24.7 Å². The molecule has 0 aliphatic heterocycles. The molecule has 0 fully saturated rings. The monoisotopic (exact) mass is 370 g/mol. The van der Waals surface area contributed by atoms with Crippen LogP contribution >= 0.6 is 0 Å². The lowest BCUT2D eigenvalue weighted by molar-refractivity contribution is -0.145. The smallest absolute Gasteiger partial charge is 0.331 e. The fourth-order valence-corrected chi connectivity index (χ4v) is 8.19. The lowest BCUT2D eigenvalue weighted by Gasteiger charge is -2.44. The van der Waals surface area contributed by atoms with Crippen molar-refractivity contribution in [3.05, 3.63) is 60.7 Å². The second-order valence-electron chi connectivity index (χ2n) is 7.75. The second-order valence-corrected chi connectivity index (χ2v) is 12.0. The Morgan fingerprint density at radius 3 is 1.81 bits per heavy atom. The van der Waals surface area contributed by atoms with Crippen LogP contribution in [-0.4, -0.2) is 25.5 Å². The molecule has 0 radical (unpaired) electrons. The highest BCUT2D eigenvalue weighted by atomic mass is 28.4. The van der Waals surface area contributed by atoms with E-state index in [0.717, 1.165) is 23.2 Å². The van der Waals surface area contributed by atoms with Crippen molar-refractivity contribution in [1.29, 1.82) is 0 Å². The van der Waals surface area contributed by atoms with Gasteiger partial charge in [0, 0.05) is 0 Å². The normalized spacial score (nSPS) is 13.4. The Morgan fingerprint density at radius 1 is 1.00 bits per heavy atom. The Bertz CT molecular complexity index is 653. The molecule has 0 heterocycles. The van der Waals surface area contributed by atoms with E-state index in [9.17, 15) is 9.90 Å². The number of rotatable bonds is 8. The molecule has 1 N–H and O–H groups in total. The molecule has 3 nitrogen and oxygen atoms in total. The van der Waals surface area contributed by atoms with Gasteiger partial charge in [0.2, 0.25) is 0 Å². The quantitative estimate of drug-likeness (QED) is 0.708. The maximum absolute atomic E-state index is 12.0. The van der Waals surface area contributed by atoms with Crippen LogP contribution in [0.25, 0.3) is 0 Å². The molecule has 26 heavy (non-hydrogen) atoms. The van der Waals surface area contributed by atoms with E-state index in [4.69, 9.17) is 4.43 Å². The van der Waals surface area contributed by atoms with E-state index in [1.165, 1.54) is 0 Å². The Hall–Kier alpha value is -1.91. The number of hydrogen-bond donors (Lipinski definition) is 1. The van der Waals surface area contributed by atoms with Gasteiger partial charge in [-0.15, -0.1) is 0 Å². The zero-order valence-corrected chi connectivity index (χ0v) is 17.2. The van der Waals surface area contributed by atoms with Crippen LogP contribution in [0.4, 0.5) is 0 Å². The first-order chi connectivity index (χ1) is 12.3. The van der Waals surface area contributed by atoms with Crippen molar-refractivity contribution in [2.45, 2.75) is 58.1 Å². The van der Waals surface area contributed by atoms with Crippen LogP contribution in [0.1, 0.15) is 47.0 Å². The Kier molecular flexibility index (Phi) is 6.79. The van der Waals surface area contributed by atoms with Gasteiger partial charge < -0.3 is 9.53 Å². The summed E-state index contributed by atoms with van der Waals surface area (Å²) >= 11 is 0. The van der Waals surface area contributed by atoms with E-state index < -0.39 is 20.4 Å². The lowest BCUT2D eigenvalue weighted by Crippen LogP contribution is -2.68. The highest BCUT2D eigenvalue weighted by molar-refractivity contribution is 6.99. The van der Waals surface area contributed by atoms with E-state index >= 15 is 0 Å². The van der Waals surface area contributed by atoms with Gasteiger partial charge in [0.05, 0.1) is 0 Å². The van der Waals surface area contributed by atoms with E-state index in [-0.39, 0.29) is 5.04 Å². The predicted molar refractivity (Wildman–Crippen MR) is 110 cm³/mol. The molecular formula is C22H30O3Si. The van der Waals surface area contributed by atoms with Gasteiger partial charge in [-0.05, 0) is 21.8 Å². The SMILES string of the molecule is CCCCC(O[Si](c1ccccc1)(c1ccccc1)C(C)(C)C)C(=O)O. The number of aliphatic carboxylic acids is 1. The zero-order valence-electron chi connectivity index (χ0n) is 16.2. The van der Waals surface area contributed by atoms with Gasteiger partial charge in [0.15, 0.2) is 0 Å². The summed E-state index contributed by atoms with van der Waals surface area (Å²) in [5, 5.41) is 11.8. The minimum Gasteiger partial charge on any atom is -0.479 e. The minimum atomic E-state index is -2.81. The van der Waals surface area contributed by atoms with Crippen LogP contribution in [0.5, 0.6) is 0 Å². The molecule has 2 rings (SSSR count). The number of benzene rings is 2.